The number of alkyl halides is 3. The second-order valence-corrected chi connectivity index (χ2v) is 5.18. The topological polar surface area (TPSA) is 76.1 Å². The Morgan fingerprint density at radius 1 is 1.29 bits per heavy atom. The molecule has 0 aromatic heterocycles. The van der Waals surface area contributed by atoms with Gasteiger partial charge in [0.05, 0.1) is 29.5 Å². The number of carbonyl (C=O) groups excluding carboxylic acids is 1. The molecule has 0 saturated carbocycles. The summed E-state index contributed by atoms with van der Waals surface area (Å²) in [6, 6.07) is 8.30. The lowest BCUT2D eigenvalue weighted by Gasteiger charge is -2.17. The zero-order valence-electron chi connectivity index (χ0n) is 12.2. The van der Waals surface area contributed by atoms with E-state index in [0.717, 1.165) is 7.11 Å². The fourth-order valence-corrected chi connectivity index (χ4v) is 2.35. The normalized spacial score (nSPS) is 11.0. The third-order valence-electron chi connectivity index (χ3n) is 3.33. The zero-order chi connectivity index (χ0) is 18.1. The molecule has 4 nitrogen and oxygen atoms in total. The van der Waals surface area contributed by atoms with Crippen molar-refractivity contribution in [1.82, 2.24) is 0 Å². The SMILES string of the molecule is COC(=O)c1c(C(F)(F)F)cc(-c2ccc(Cl)cc2)c(C#N)c1N. The molecule has 2 aromatic carbocycles. The maximum absolute atomic E-state index is 13.4. The summed E-state index contributed by atoms with van der Waals surface area (Å²) in [4.78, 5) is 11.7. The summed E-state index contributed by atoms with van der Waals surface area (Å²) >= 11 is 5.76. The van der Waals surface area contributed by atoms with Crippen molar-refractivity contribution in [3.63, 3.8) is 0 Å². The highest BCUT2D eigenvalue weighted by atomic mass is 35.5. The van der Waals surface area contributed by atoms with Crippen LogP contribution in [0.4, 0.5) is 18.9 Å². The Bertz CT molecular complexity index is 840. The fourth-order valence-electron chi connectivity index (χ4n) is 2.23. The van der Waals surface area contributed by atoms with Gasteiger partial charge in [-0.05, 0) is 23.8 Å². The number of nitrogens with zero attached hydrogens (tertiary/aromatic N) is 1. The highest BCUT2D eigenvalue weighted by molar-refractivity contribution is 6.30. The van der Waals surface area contributed by atoms with Gasteiger partial charge in [0.2, 0.25) is 0 Å². The molecular weight excluding hydrogens is 345 g/mol. The van der Waals surface area contributed by atoms with E-state index in [2.05, 4.69) is 4.74 Å². The minimum absolute atomic E-state index is 0.0494. The zero-order valence-corrected chi connectivity index (χ0v) is 13.0. The number of nitrogens with two attached hydrogens (primary N) is 1. The Labute approximate surface area is 140 Å². The lowest BCUT2D eigenvalue weighted by atomic mass is 9.92. The monoisotopic (exact) mass is 354 g/mol. The number of ether oxygens (including phenoxy) is 1. The molecule has 8 heteroatoms. The molecule has 2 N–H and O–H groups in total. The van der Waals surface area contributed by atoms with Crippen LogP contribution in [0.5, 0.6) is 0 Å². The molecule has 0 aliphatic rings. The van der Waals surface area contributed by atoms with Gasteiger partial charge in [-0.2, -0.15) is 18.4 Å². The maximum atomic E-state index is 13.4. The summed E-state index contributed by atoms with van der Waals surface area (Å²) in [5.41, 5.74) is 2.98. The predicted octanol–water partition coefficient (Wildman–Crippen LogP) is 4.27. The number of hydrogen-bond acceptors (Lipinski definition) is 4. The van der Waals surface area contributed by atoms with Crippen LogP contribution < -0.4 is 5.73 Å². The minimum Gasteiger partial charge on any atom is -0.465 e. The third kappa shape index (κ3) is 3.14. The van der Waals surface area contributed by atoms with E-state index >= 15 is 0 Å². The number of methoxy groups -OCH3 is 1. The Hall–Kier alpha value is -2.72. The molecule has 0 amide bonds. The highest BCUT2D eigenvalue weighted by Gasteiger charge is 2.38. The van der Waals surface area contributed by atoms with Gasteiger partial charge in [0.25, 0.3) is 0 Å². The Morgan fingerprint density at radius 3 is 2.33 bits per heavy atom. The van der Waals surface area contributed by atoms with E-state index < -0.39 is 29.0 Å². The first kappa shape index (κ1) is 17.6. The lowest BCUT2D eigenvalue weighted by Crippen LogP contribution is -2.18. The highest BCUT2D eigenvalue weighted by Crippen LogP contribution is 2.40. The first-order valence-electron chi connectivity index (χ1n) is 6.48. The molecule has 2 rings (SSSR count). The van der Waals surface area contributed by atoms with Gasteiger partial charge in [-0.25, -0.2) is 4.79 Å². The third-order valence-corrected chi connectivity index (χ3v) is 3.58. The van der Waals surface area contributed by atoms with Crippen molar-refractivity contribution in [3.05, 3.63) is 52.0 Å². The van der Waals surface area contributed by atoms with E-state index in [-0.39, 0.29) is 11.1 Å². The van der Waals surface area contributed by atoms with Gasteiger partial charge in [0, 0.05) is 10.6 Å². The van der Waals surface area contributed by atoms with Crippen molar-refractivity contribution in [2.24, 2.45) is 0 Å². The van der Waals surface area contributed by atoms with Gasteiger partial charge in [-0.1, -0.05) is 23.7 Å². The van der Waals surface area contributed by atoms with Gasteiger partial charge in [0.1, 0.15) is 6.07 Å². The largest absolute Gasteiger partial charge is 0.465 e. The molecule has 0 bridgehead atoms. The van der Waals surface area contributed by atoms with Crippen LogP contribution in [0.1, 0.15) is 21.5 Å². The van der Waals surface area contributed by atoms with Gasteiger partial charge in [-0.15, -0.1) is 0 Å². The predicted molar refractivity (Wildman–Crippen MR) is 82.4 cm³/mol. The summed E-state index contributed by atoms with van der Waals surface area (Å²) in [6.07, 6.45) is -4.85. The molecular formula is C16H10ClF3N2O2. The lowest BCUT2D eigenvalue weighted by molar-refractivity contribution is -0.138. The van der Waals surface area contributed by atoms with Crippen LogP contribution in [0.3, 0.4) is 0 Å². The summed E-state index contributed by atoms with van der Waals surface area (Å²) in [5.74, 6) is -1.26. The van der Waals surface area contributed by atoms with E-state index in [1.54, 1.807) is 6.07 Å². The molecule has 0 spiro atoms. The minimum atomic E-state index is -4.85. The summed E-state index contributed by atoms with van der Waals surface area (Å²) in [5, 5.41) is 9.68. The number of nitrogen functional groups attached to an aromatic ring is 1. The van der Waals surface area contributed by atoms with Crippen LogP contribution in [-0.4, -0.2) is 13.1 Å². The van der Waals surface area contributed by atoms with Gasteiger partial charge in [0.15, 0.2) is 0 Å². The summed E-state index contributed by atoms with van der Waals surface area (Å²) < 4.78 is 44.4. The van der Waals surface area contributed by atoms with Crippen LogP contribution in [0, 0.1) is 11.3 Å². The summed E-state index contributed by atoms with van der Waals surface area (Å²) in [6.45, 7) is 0. The van der Waals surface area contributed by atoms with E-state index in [0.29, 0.717) is 16.7 Å². The van der Waals surface area contributed by atoms with Crippen molar-refractivity contribution >= 4 is 23.3 Å². The number of rotatable bonds is 2. The number of hydrogen-bond donors (Lipinski definition) is 1. The van der Waals surface area contributed by atoms with Crippen LogP contribution in [0.25, 0.3) is 11.1 Å². The Morgan fingerprint density at radius 2 is 1.88 bits per heavy atom. The van der Waals surface area contributed by atoms with Gasteiger partial charge < -0.3 is 10.5 Å². The van der Waals surface area contributed by atoms with E-state index in [1.165, 1.54) is 24.3 Å². The molecule has 0 aliphatic heterocycles. The quantitative estimate of drug-likeness (QED) is 0.645. The average molecular weight is 355 g/mol. The number of carbonyl (C=O) groups is 1. The second kappa shape index (κ2) is 6.42. The van der Waals surface area contributed by atoms with Crippen molar-refractivity contribution < 1.29 is 22.7 Å². The molecule has 0 saturated heterocycles. The molecule has 0 fully saturated rings. The van der Waals surface area contributed by atoms with E-state index in [1.807, 2.05) is 0 Å². The van der Waals surface area contributed by atoms with Gasteiger partial charge >= 0.3 is 12.1 Å². The average Bonchev–Trinajstić information content (AvgIpc) is 2.53. The first-order valence-corrected chi connectivity index (χ1v) is 6.86. The number of halogens is 4. The smallest absolute Gasteiger partial charge is 0.417 e. The first-order chi connectivity index (χ1) is 11.2. The van der Waals surface area contributed by atoms with Crippen LogP contribution in [-0.2, 0) is 10.9 Å². The number of anilines is 1. The molecule has 124 valence electrons. The van der Waals surface area contributed by atoms with E-state index in [9.17, 15) is 23.2 Å². The van der Waals surface area contributed by atoms with E-state index in [4.69, 9.17) is 17.3 Å². The number of benzene rings is 2. The standard InChI is InChI=1S/C16H10ClF3N2O2/c1-24-15(23)13-12(16(18,19)20)6-10(11(7-21)14(13)22)8-2-4-9(17)5-3-8/h2-6H,22H2,1H3. The Kier molecular flexibility index (Phi) is 4.71. The number of esters is 1. The molecule has 2 aromatic rings. The van der Waals surface area contributed by atoms with Crippen molar-refractivity contribution in [2.75, 3.05) is 12.8 Å². The van der Waals surface area contributed by atoms with Crippen molar-refractivity contribution in [3.8, 4) is 17.2 Å². The fraction of sp³-hybridized carbons (Fsp3) is 0.125. The van der Waals surface area contributed by atoms with Crippen LogP contribution in [0.2, 0.25) is 5.02 Å². The van der Waals surface area contributed by atoms with Crippen molar-refractivity contribution in [1.29, 1.82) is 5.26 Å². The molecule has 0 heterocycles. The van der Waals surface area contributed by atoms with Crippen LogP contribution >= 0.6 is 11.6 Å². The maximum Gasteiger partial charge on any atom is 0.417 e. The molecule has 0 aliphatic carbocycles. The second-order valence-electron chi connectivity index (χ2n) is 4.74. The summed E-state index contributed by atoms with van der Waals surface area (Å²) in [7, 11) is 0.932. The molecule has 0 atom stereocenters. The molecule has 24 heavy (non-hydrogen) atoms. The van der Waals surface area contributed by atoms with Crippen LogP contribution in [0.15, 0.2) is 30.3 Å². The van der Waals surface area contributed by atoms with Gasteiger partial charge in [-0.3, -0.25) is 0 Å². The molecule has 0 unspecified atom stereocenters. The molecule has 0 radical (unpaired) electrons. The van der Waals surface area contributed by atoms with Crippen molar-refractivity contribution in [2.45, 2.75) is 6.18 Å². The Balaban J connectivity index is 2.88. The number of nitriles is 1.